The van der Waals surface area contributed by atoms with Crippen LogP contribution in [0.2, 0.25) is 0 Å². The van der Waals surface area contributed by atoms with Crippen LogP contribution in [0.25, 0.3) is 0 Å². The first kappa shape index (κ1) is 30.1. The van der Waals surface area contributed by atoms with Crippen molar-refractivity contribution in [2.24, 2.45) is 11.8 Å². The molecule has 5 amide bonds. The lowest BCUT2D eigenvalue weighted by molar-refractivity contribution is -0.147. The van der Waals surface area contributed by atoms with Gasteiger partial charge in [0.2, 0.25) is 29.5 Å². The van der Waals surface area contributed by atoms with Gasteiger partial charge in [-0.2, -0.15) is 0 Å². The summed E-state index contributed by atoms with van der Waals surface area (Å²) in [7, 11) is 0. The molecule has 0 aliphatic carbocycles. The Hall–Kier alpha value is -3.47. The van der Waals surface area contributed by atoms with Crippen LogP contribution >= 0.6 is 0 Å². The predicted molar refractivity (Wildman–Crippen MR) is 143 cm³/mol. The van der Waals surface area contributed by atoms with Crippen LogP contribution in [0.5, 0.6) is 0 Å². The Bertz CT molecular complexity index is 1070. The van der Waals surface area contributed by atoms with E-state index < -0.39 is 47.8 Å². The number of amides is 5. The third kappa shape index (κ3) is 7.56. The number of benzene rings is 1. The van der Waals surface area contributed by atoms with Crippen LogP contribution in [0.15, 0.2) is 24.3 Å². The van der Waals surface area contributed by atoms with Gasteiger partial charge >= 0.3 is 0 Å². The molecule has 0 unspecified atom stereocenters. The van der Waals surface area contributed by atoms with Crippen LogP contribution in [-0.4, -0.2) is 63.8 Å². The third-order valence-electron chi connectivity index (χ3n) is 7.46. The molecule has 4 atom stereocenters. The van der Waals surface area contributed by atoms with Gasteiger partial charge in [0, 0.05) is 19.4 Å². The fourth-order valence-electron chi connectivity index (χ4n) is 5.14. The second kappa shape index (κ2) is 13.5. The van der Waals surface area contributed by atoms with Gasteiger partial charge in [-0.15, -0.1) is 0 Å². The number of carbonyl (C=O) groups is 5. The predicted octanol–water partition coefficient (Wildman–Crippen LogP) is 1.18. The first-order valence-corrected chi connectivity index (χ1v) is 13.7. The number of fused-ring (bicyclic) bond motifs is 2. The van der Waals surface area contributed by atoms with E-state index in [0.29, 0.717) is 32.1 Å². The van der Waals surface area contributed by atoms with E-state index in [2.05, 4.69) is 16.0 Å². The Kier molecular flexibility index (Phi) is 10.4. The number of rotatable bonds is 8. The SMILES string of the molecule is CC(C)[C@@H]1NC(=O)[C@H]2Cc3ccccc3CN2C(=O)[C@H](CCCCCC(=O)NO)NC(=O)[C@@H](C(C)C)NC1=O. The minimum Gasteiger partial charge on any atom is -0.343 e. The Labute approximate surface area is 229 Å². The summed E-state index contributed by atoms with van der Waals surface area (Å²) < 4.78 is 0. The van der Waals surface area contributed by atoms with Crippen LogP contribution in [0.1, 0.15) is 70.9 Å². The zero-order chi connectivity index (χ0) is 28.7. The summed E-state index contributed by atoms with van der Waals surface area (Å²) in [5.41, 5.74) is 3.49. The highest BCUT2D eigenvalue weighted by molar-refractivity contribution is 5.98. The van der Waals surface area contributed by atoms with Crippen molar-refractivity contribution >= 4 is 29.5 Å². The molecule has 39 heavy (non-hydrogen) atoms. The molecule has 5 N–H and O–H groups in total. The summed E-state index contributed by atoms with van der Waals surface area (Å²) in [5, 5.41) is 17.2. The molecule has 1 aromatic rings. The summed E-state index contributed by atoms with van der Waals surface area (Å²) in [4.78, 5) is 67.2. The van der Waals surface area contributed by atoms with Crippen LogP contribution in [0.3, 0.4) is 0 Å². The van der Waals surface area contributed by atoms with Gasteiger partial charge in [-0.25, -0.2) is 5.48 Å². The van der Waals surface area contributed by atoms with Gasteiger partial charge in [-0.1, -0.05) is 64.8 Å². The number of hydroxylamine groups is 1. The van der Waals surface area contributed by atoms with Crippen molar-refractivity contribution < 1.29 is 29.2 Å². The van der Waals surface area contributed by atoms with E-state index in [1.807, 2.05) is 38.1 Å². The molecule has 1 saturated heterocycles. The normalized spacial score (nSPS) is 24.1. The zero-order valence-corrected chi connectivity index (χ0v) is 23.2. The summed E-state index contributed by atoms with van der Waals surface area (Å²) in [6.07, 6.45) is 2.37. The number of unbranched alkanes of at least 4 members (excludes halogenated alkanes) is 2. The lowest BCUT2D eigenvalue weighted by atomic mass is 9.91. The number of hydrogen-bond acceptors (Lipinski definition) is 6. The first-order valence-electron chi connectivity index (χ1n) is 13.7. The Balaban J connectivity index is 1.94. The smallest absolute Gasteiger partial charge is 0.246 e. The molecule has 1 aromatic carbocycles. The number of carbonyl (C=O) groups excluding carboxylic acids is 5. The number of nitrogens with one attached hydrogen (secondary N) is 4. The van der Waals surface area contributed by atoms with Gasteiger partial charge in [0.1, 0.15) is 24.2 Å². The maximum Gasteiger partial charge on any atom is 0.246 e. The molecule has 0 bridgehead atoms. The standard InChI is InChI=1S/C28H41N5O6/c1-16(2)23-26(36)29-20(12-6-5-7-13-22(34)32-39)28(38)33-15-19-11-9-8-10-18(19)14-21(33)25(35)30-24(17(3)4)27(37)31-23/h8-11,16-17,20-21,23-24,39H,5-7,12-15H2,1-4H3,(H,29,36)(H,30,35)(H,31,37)(H,32,34)/t20-,21+,23+,24-/m0/s1. The number of hydrogen-bond donors (Lipinski definition) is 5. The van der Waals surface area contributed by atoms with Crippen molar-refractivity contribution in [3.05, 3.63) is 35.4 Å². The van der Waals surface area contributed by atoms with E-state index in [-0.39, 0.29) is 30.7 Å². The van der Waals surface area contributed by atoms with E-state index in [1.54, 1.807) is 19.3 Å². The second-order valence-corrected chi connectivity index (χ2v) is 11.1. The lowest BCUT2D eigenvalue weighted by Crippen LogP contribution is -2.64. The highest BCUT2D eigenvalue weighted by Crippen LogP contribution is 2.26. The van der Waals surface area contributed by atoms with E-state index >= 15 is 0 Å². The second-order valence-electron chi connectivity index (χ2n) is 11.1. The molecule has 2 aliphatic rings. The van der Waals surface area contributed by atoms with Crippen LogP contribution in [0.4, 0.5) is 0 Å². The third-order valence-corrected chi connectivity index (χ3v) is 7.46. The monoisotopic (exact) mass is 543 g/mol. The van der Waals surface area contributed by atoms with Crippen molar-refractivity contribution in [2.45, 2.75) is 96.9 Å². The number of nitrogens with zero attached hydrogens (tertiary/aromatic N) is 1. The van der Waals surface area contributed by atoms with E-state index in [4.69, 9.17) is 5.21 Å². The van der Waals surface area contributed by atoms with Crippen molar-refractivity contribution in [1.82, 2.24) is 26.3 Å². The van der Waals surface area contributed by atoms with Crippen molar-refractivity contribution in [3.8, 4) is 0 Å². The molecule has 2 aliphatic heterocycles. The van der Waals surface area contributed by atoms with Gasteiger partial charge in [0.15, 0.2) is 0 Å². The fourth-order valence-corrected chi connectivity index (χ4v) is 5.14. The molecule has 3 rings (SSSR count). The van der Waals surface area contributed by atoms with E-state index in [1.165, 1.54) is 4.90 Å². The summed E-state index contributed by atoms with van der Waals surface area (Å²) in [6, 6.07) is 4.11. The molecule has 11 heteroatoms. The Morgan fingerprint density at radius 1 is 0.897 bits per heavy atom. The minimum atomic E-state index is -0.914. The van der Waals surface area contributed by atoms with E-state index in [0.717, 1.165) is 11.1 Å². The average Bonchev–Trinajstić information content (AvgIpc) is 2.91. The van der Waals surface area contributed by atoms with Crippen molar-refractivity contribution in [2.75, 3.05) is 0 Å². The van der Waals surface area contributed by atoms with Gasteiger partial charge in [0.25, 0.3) is 0 Å². The summed E-state index contributed by atoms with van der Waals surface area (Å²) >= 11 is 0. The molecule has 0 saturated carbocycles. The highest BCUT2D eigenvalue weighted by Gasteiger charge is 2.41. The largest absolute Gasteiger partial charge is 0.343 e. The molecular weight excluding hydrogens is 502 g/mol. The maximum atomic E-state index is 14.0. The van der Waals surface area contributed by atoms with Crippen molar-refractivity contribution in [3.63, 3.8) is 0 Å². The van der Waals surface area contributed by atoms with Crippen LogP contribution in [-0.2, 0) is 36.9 Å². The van der Waals surface area contributed by atoms with Crippen LogP contribution < -0.4 is 21.4 Å². The molecule has 0 aromatic heterocycles. The summed E-state index contributed by atoms with van der Waals surface area (Å²) in [5.74, 6) is -2.66. The van der Waals surface area contributed by atoms with Gasteiger partial charge in [0.05, 0.1) is 0 Å². The topological polar surface area (TPSA) is 157 Å². The minimum absolute atomic E-state index is 0.144. The van der Waals surface area contributed by atoms with Gasteiger partial charge in [-0.3, -0.25) is 29.2 Å². The van der Waals surface area contributed by atoms with Crippen LogP contribution in [0, 0.1) is 11.8 Å². The first-order chi connectivity index (χ1) is 18.5. The molecule has 1 fully saturated rings. The average molecular weight is 544 g/mol. The quantitative estimate of drug-likeness (QED) is 0.188. The van der Waals surface area contributed by atoms with Gasteiger partial charge in [-0.05, 0) is 35.8 Å². The lowest BCUT2D eigenvalue weighted by Gasteiger charge is -2.40. The molecular formula is C28H41N5O6. The zero-order valence-electron chi connectivity index (χ0n) is 23.2. The molecule has 0 spiro atoms. The highest BCUT2D eigenvalue weighted by atomic mass is 16.5. The van der Waals surface area contributed by atoms with Crippen molar-refractivity contribution in [1.29, 1.82) is 0 Å². The van der Waals surface area contributed by atoms with E-state index in [9.17, 15) is 24.0 Å². The maximum absolute atomic E-state index is 14.0. The Morgan fingerprint density at radius 3 is 2.10 bits per heavy atom. The fraction of sp³-hybridized carbons (Fsp3) is 0.607. The molecule has 2 heterocycles. The molecule has 214 valence electrons. The Morgan fingerprint density at radius 2 is 1.49 bits per heavy atom. The molecule has 11 nitrogen and oxygen atoms in total. The van der Waals surface area contributed by atoms with Gasteiger partial charge < -0.3 is 20.9 Å². The summed E-state index contributed by atoms with van der Waals surface area (Å²) in [6.45, 7) is 7.46. The molecule has 0 radical (unpaired) electrons.